The van der Waals surface area contributed by atoms with E-state index in [4.69, 9.17) is 0 Å². The molecule has 2 atom stereocenters. The summed E-state index contributed by atoms with van der Waals surface area (Å²) < 4.78 is 2.15. The number of hydrogen-bond donors (Lipinski definition) is 1. The molecule has 1 aliphatic rings. The van der Waals surface area contributed by atoms with E-state index >= 15 is 0 Å². The Balaban J connectivity index is 1.90. The Morgan fingerprint density at radius 3 is 2.94 bits per heavy atom. The van der Waals surface area contributed by atoms with Gasteiger partial charge in [0.05, 0.1) is 0 Å². The highest BCUT2D eigenvalue weighted by molar-refractivity contribution is 5.13. The van der Waals surface area contributed by atoms with E-state index in [0.29, 0.717) is 0 Å². The fourth-order valence-corrected chi connectivity index (χ4v) is 2.59. The van der Waals surface area contributed by atoms with Gasteiger partial charge in [-0.05, 0) is 51.3 Å². The Morgan fingerprint density at radius 2 is 2.31 bits per heavy atom. The summed E-state index contributed by atoms with van der Waals surface area (Å²) in [6.07, 6.45) is 5.87. The molecule has 1 aliphatic carbocycles. The van der Waals surface area contributed by atoms with Crippen LogP contribution in [0.4, 0.5) is 0 Å². The minimum atomic E-state index is 0.742. The molecule has 1 fully saturated rings. The largest absolute Gasteiger partial charge is 0.316 e. The monoisotopic (exact) mass is 221 g/mol. The van der Waals surface area contributed by atoms with Crippen molar-refractivity contribution in [3.8, 4) is 0 Å². The van der Waals surface area contributed by atoms with Gasteiger partial charge >= 0.3 is 0 Å². The van der Waals surface area contributed by atoms with Crippen LogP contribution in [0.2, 0.25) is 0 Å². The average molecular weight is 221 g/mol. The van der Waals surface area contributed by atoms with E-state index < -0.39 is 0 Å². The number of aromatic nitrogens is 2. The molecule has 0 aromatic carbocycles. The zero-order chi connectivity index (χ0) is 11.4. The lowest BCUT2D eigenvalue weighted by Gasteiger charge is -2.37. The minimum Gasteiger partial charge on any atom is -0.316 e. The maximum Gasteiger partial charge on any atom is 0.0492 e. The topological polar surface area (TPSA) is 29.9 Å². The van der Waals surface area contributed by atoms with E-state index in [1.807, 2.05) is 6.20 Å². The fraction of sp³-hybridized carbons (Fsp3) is 0.769. The van der Waals surface area contributed by atoms with Crippen LogP contribution in [0.25, 0.3) is 0 Å². The van der Waals surface area contributed by atoms with E-state index in [-0.39, 0.29) is 0 Å². The normalized spacial score (nSPS) is 24.4. The second-order valence-electron chi connectivity index (χ2n) is 4.72. The first-order valence-electron chi connectivity index (χ1n) is 6.59. The first-order chi connectivity index (χ1) is 7.86. The van der Waals surface area contributed by atoms with Gasteiger partial charge in [0.2, 0.25) is 0 Å². The summed E-state index contributed by atoms with van der Waals surface area (Å²) >= 11 is 0. The SMILES string of the molecule is CCCNCC1CCC1c1ccnn1CC. The van der Waals surface area contributed by atoms with Crippen molar-refractivity contribution in [2.45, 2.75) is 45.6 Å². The first-order valence-corrected chi connectivity index (χ1v) is 6.59. The van der Waals surface area contributed by atoms with E-state index in [1.165, 1.54) is 31.5 Å². The van der Waals surface area contributed by atoms with Crippen molar-refractivity contribution >= 4 is 0 Å². The van der Waals surface area contributed by atoms with Crippen molar-refractivity contribution < 1.29 is 0 Å². The van der Waals surface area contributed by atoms with Crippen LogP contribution in [0, 0.1) is 5.92 Å². The molecule has 1 N–H and O–H groups in total. The third-order valence-corrected chi connectivity index (χ3v) is 3.68. The van der Waals surface area contributed by atoms with Gasteiger partial charge in [0, 0.05) is 24.4 Å². The predicted octanol–water partition coefficient (Wildman–Crippen LogP) is 2.40. The molecule has 0 aliphatic heterocycles. The summed E-state index contributed by atoms with van der Waals surface area (Å²) in [6, 6.07) is 2.19. The highest BCUT2D eigenvalue weighted by Crippen LogP contribution is 2.41. The van der Waals surface area contributed by atoms with Crippen molar-refractivity contribution in [1.82, 2.24) is 15.1 Å². The lowest BCUT2D eigenvalue weighted by Crippen LogP contribution is -2.35. The number of aryl methyl sites for hydroxylation is 1. The molecule has 2 unspecified atom stereocenters. The average Bonchev–Trinajstić information content (AvgIpc) is 2.70. The molecule has 3 heteroatoms. The van der Waals surface area contributed by atoms with Gasteiger partial charge in [0.15, 0.2) is 0 Å². The highest BCUT2D eigenvalue weighted by Gasteiger charge is 2.33. The molecule has 1 aromatic heterocycles. The second-order valence-corrected chi connectivity index (χ2v) is 4.72. The summed E-state index contributed by atoms with van der Waals surface area (Å²) in [7, 11) is 0. The van der Waals surface area contributed by atoms with Gasteiger partial charge < -0.3 is 5.32 Å². The van der Waals surface area contributed by atoms with Gasteiger partial charge in [-0.3, -0.25) is 4.68 Å². The molecule has 0 spiro atoms. The lowest BCUT2D eigenvalue weighted by atomic mass is 9.71. The Bertz CT molecular complexity index is 319. The van der Waals surface area contributed by atoms with Gasteiger partial charge in [-0.15, -0.1) is 0 Å². The number of rotatable bonds is 6. The zero-order valence-electron chi connectivity index (χ0n) is 10.4. The lowest BCUT2D eigenvalue weighted by molar-refractivity contribution is 0.234. The van der Waals surface area contributed by atoms with Crippen LogP contribution < -0.4 is 5.32 Å². The van der Waals surface area contributed by atoms with E-state index in [9.17, 15) is 0 Å². The van der Waals surface area contributed by atoms with Crippen LogP contribution in [0.5, 0.6) is 0 Å². The first kappa shape index (κ1) is 11.6. The van der Waals surface area contributed by atoms with Crippen molar-refractivity contribution in [2.75, 3.05) is 13.1 Å². The van der Waals surface area contributed by atoms with Crippen LogP contribution in [0.15, 0.2) is 12.3 Å². The smallest absolute Gasteiger partial charge is 0.0492 e. The van der Waals surface area contributed by atoms with E-state index in [2.05, 4.69) is 35.0 Å². The zero-order valence-corrected chi connectivity index (χ0v) is 10.4. The molecule has 0 amide bonds. The Morgan fingerprint density at radius 1 is 1.44 bits per heavy atom. The number of nitrogens with zero attached hydrogens (tertiary/aromatic N) is 2. The summed E-state index contributed by atoms with van der Waals surface area (Å²) in [5, 5.41) is 7.90. The standard InChI is InChI=1S/C13H23N3/c1-3-8-14-10-11-5-6-12(11)13-7-9-15-16(13)4-2/h7,9,11-12,14H,3-6,8,10H2,1-2H3. The number of nitrogens with one attached hydrogen (secondary N) is 1. The van der Waals surface area contributed by atoms with Crippen LogP contribution >= 0.6 is 0 Å². The molecule has 1 saturated carbocycles. The van der Waals surface area contributed by atoms with Crippen molar-refractivity contribution in [2.24, 2.45) is 5.92 Å². The third-order valence-electron chi connectivity index (χ3n) is 3.68. The van der Waals surface area contributed by atoms with Crippen LogP contribution in [0.1, 0.15) is 44.7 Å². The third kappa shape index (κ3) is 2.29. The summed E-state index contributed by atoms with van der Waals surface area (Å²) in [6.45, 7) is 7.70. The summed E-state index contributed by atoms with van der Waals surface area (Å²) in [4.78, 5) is 0. The molecule has 3 nitrogen and oxygen atoms in total. The van der Waals surface area contributed by atoms with Crippen LogP contribution in [-0.2, 0) is 6.54 Å². The Labute approximate surface area is 98.2 Å². The van der Waals surface area contributed by atoms with Gasteiger partial charge in [-0.1, -0.05) is 6.92 Å². The predicted molar refractivity (Wildman–Crippen MR) is 66.5 cm³/mol. The van der Waals surface area contributed by atoms with E-state index in [1.54, 1.807) is 0 Å². The highest BCUT2D eigenvalue weighted by atomic mass is 15.3. The maximum absolute atomic E-state index is 4.36. The van der Waals surface area contributed by atoms with Gasteiger partial charge in [-0.2, -0.15) is 5.10 Å². The molecule has 0 bridgehead atoms. The van der Waals surface area contributed by atoms with E-state index in [0.717, 1.165) is 24.9 Å². The summed E-state index contributed by atoms with van der Waals surface area (Å²) in [5.41, 5.74) is 1.44. The Kier molecular flexibility index (Phi) is 3.99. The van der Waals surface area contributed by atoms with Gasteiger partial charge in [-0.25, -0.2) is 0 Å². The maximum atomic E-state index is 4.36. The molecular formula is C13H23N3. The molecule has 2 rings (SSSR count). The molecule has 1 aromatic rings. The van der Waals surface area contributed by atoms with Crippen molar-refractivity contribution in [3.05, 3.63) is 18.0 Å². The number of hydrogen-bond acceptors (Lipinski definition) is 2. The van der Waals surface area contributed by atoms with Crippen molar-refractivity contribution in [1.29, 1.82) is 0 Å². The Hall–Kier alpha value is -0.830. The van der Waals surface area contributed by atoms with Crippen LogP contribution in [-0.4, -0.2) is 22.9 Å². The quantitative estimate of drug-likeness (QED) is 0.748. The summed E-state index contributed by atoms with van der Waals surface area (Å²) in [5.74, 6) is 1.57. The van der Waals surface area contributed by atoms with Crippen LogP contribution in [0.3, 0.4) is 0 Å². The molecule has 90 valence electrons. The van der Waals surface area contributed by atoms with Gasteiger partial charge in [0.1, 0.15) is 0 Å². The molecular weight excluding hydrogens is 198 g/mol. The molecule has 0 saturated heterocycles. The molecule has 16 heavy (non-hydrogen) atoms. The van der Waals surface area contributed by atoms with Gasteiger partial charge in [0.25, 0.3) is 0 Å². The molecule has 0 radical (unpaired) electrons. The fourth-order valence-electron chi connectivity index (χ4n) is 2.59. The second kappa shape index (κ2) is 5.48. The minimum absolute atomic E-state index is 0.742. The molecule has 1 heterocycles. The van der Waals surface area contributed by atoms with Crippen molar-refractivity contribution in [3.63, 3.8) is 0 Å².